The van der Waals surface area contributed by atoms with Crippen molar-refractivity contribution >= 4 is 17.0 Å². The Bertz CT molecular complexity index is 626. The summed E-state index contributed by atoms with van der Waals surface area (Å²) in [4.78, 5) is 11.6. The molecule has 0 aliphatic heterocycles. The van der Waals surface area contributed by atoms with Crippen LogP contribution in [0.2, 0.25) is 0 Å². The molecular weight excluding hydrogens is 266 g/mol. The fourth-order valence-electron chi connectivity index (χ4n) is 2.28. The van der Waals surface area contributed by atoms with Gasteiger partial charge in [-0.1, -0.05) is 12.1 Å². The van der Waals surface area contributed by atoms with Crippen molar-refractivity contribution in [3.63, 3.8) is 0 Å². The molecule has 0 atom stereocenters. The van der Waals surface area contributed by atoms with Crippen molar-refractivity contribution in [2.75, 3.05) is 6.54 Å². The first-order chi connectivity index (χ1) is 9.87. The average molecular weight is 290 g/mol. The number of fused-ring (bicyclic) bond motifs is 1. The molecule has 0 fully saturated rings. The van der Waals surface area contributed by atoms with Crippen LogP contribution >= 0.6 is 0 Å². The Balaban J connectivity index is 1.86. The number of carbonyl (C=O) groups excluding carboxylic acids is 1. The molecule has 1 N–H and O–H groups in total. The van der Waals surface area contributed by atoms with E-state index in [4.69, 9.17) is 4.74 Å². The fraction of sp³-hybridized carbons (Fsp3) is 0.500. The number of ether oxygens (including phenoxy) is 1. The molecule has 0 bridgehead atoms. The summed E-state index contributed by atoms with van der Waals surface area (Å²) in [6.45, 7) is 7.02. The first kappa shape index (κ1) is 15.4. The molecule has 2 rings (SSSR count). The maximum Gasteiger partial charge on any atom is 0.407 e. The minimum Gasteiger partial charge on any atom is -0.444 e. The highest BCUT2D eigenvalue weighted by Gasteiger charge is 2.16. The Kier molecular flexibility index (Phi) is 4.50. The van der Waals surface area contributed by atoms with E-state index in [9.17, 15) is 4.79 Å². The number of benzene rings is 1. The van der Waals surface area contributed by atoms with Gasteiger partial charge in [0.25, 0.3) is 0 Å². The third kappa shape index (κ3) is 4.21. The minimum atomic E-state index is -0.451. The number of hydrogen-bond acceptors (Lipinski definition) is 2. The summed E-state index contributed by atoms with van der Waals surface area (Å²) in [6, 6.07) is 8.29. The van der Waals surface area contributed by atoms with Gasteiger partial charge in [0.15, 0.2) is 7.05 Å². The van der Waals surface area contributed by atoms with Crippen LogP contribution in [-0.4, -0.2) is 22.9 Å². The standard InChI is InChI=1S/C16H23N3O2/c1-16(2,3)21-15(20)17-10-7-11-19-14-9-6-5-8-13(14)12-18(19)4/h5-6,8-9,12H,7,10-11H2,1-4H3/p+1. The molecular formula is C16H24N3O2+. The summed E-state index contributed by atoms with van der Waals surface area (Å²) in [6.07, 6.45) is 2.60. The van der Waals surface area contributed by atoms with Gasteiger partial charge in [-0.2, -0.15) is 4.68 Å². The maximum atomic E-state index is 11.6. The zero-order valence-electron chi connectivity index (χ0n) is 13.2. The van der Waals surface area contributed by atoms with Crippen molar-refractivity contribution in [2.45, 2.75) is 39.3 Å². The Hall–Kier alpha value is -2.04. The van der Waals surface area contributed by atoms with E-state index in [0.29, 0.717) is 6.54 Å². The van der Waals surface area contributed by atoms with E-state index in [1.807, 2.05) is 40.0 Å². The van der Waals surface area contributed by atoms with E-state index in [1.54, 1.807) is 0 Å². The number of nitrogens with zero attached hydrogens (tertiary/aromatic N) is 2. The molecule has 0 spiro atoms. The van der Waals surface area contributed by atoms with E-state index in [0.717, 1.165) is 13.0 Å². The lowest BCUT2D eigenvalue weighted by molar-refractivity contribution is -0.751. The highest BCUT2D eigenvalue weighted by molar-refractivity contribution is 5.77. The predicted molar refractivity (Wildman–Crippen MR) is 82.0 cm³/mol. The zero-order chi connectivity index (χ0) is 15.5. The van der Waals surface area contributed by atoms with Crippen molar-refractivity contribution in [3.8, 4) is 0 Å². The number of alkyl carbamates (subject to hydrolysis) is 1. The largest absolute Gasteiger partial charge is 0.444 e. The number of rotatable bonds is 4. The first-order valence-electron chi connectivity index (χ1n) is 7.28. The topological polar surface area (TPSA) is 47.1 Å². The van der Waals surface area contributed by atoms with Gasteiger partial charge in [0.05, 0.1) is 11.9 Å². The number of nitrogens with one attached hydrogen (secondary N) is 1. The van der Waals surface area contributed by atoms with Crippen LogP contribution in [0.3, 0.4) is 0 Å². The van der Waals surface area contributed by atoms with Crippen molar-refractivity contribution in [1.29, 1.82) is 0 Å². The Labute approximate surface area is 125 Å². The number of para-hydroxylation sites is 1. The highest BCUT2D eigenvalue weighted by Crippen LogP contribution is 2.11. The highest BCUT2D eigenvalue weighted by atomic mass is 16.6. The third-order valence-corrected chi connectivity index (χ3v) is 3.14. The van der Waals surface area contributed by atoms with Crippen molar-refractivity contribution in [2.24, 2.45) is 7.05 Å². The number of aryl methyl sites for hydroxylation is 2. The summed E-state index contributed by atoms with van der Waals surface area (Å²) >= 11 is 0. The second-order valence-electron chi connectivity index (χ2n) is 6.17. The molecule has 114 valence electrons. The summed E-state index contributed by atoms with van der Waals surface area (Å²) in [5.74, 6) is 0. The molecule has 0 saturated carbocycles. The third-order valence-electron chi connectivity index (χ3n) is 3.14. The summed E-state index contributed by atoms with van der Waals surface area (Å²) in [5.41, 5.74) is 0.755. The molecule has 0 unspecified atom stereocenters. The lowest BCUT2D eigenvalue weighted by atomic mass is 10.2. The molecule has 0 aliphatic carbocycles. The van der Waals surface area contributed by atoms with Crippen LogP contribution in [-0.2, 0) is 18.3 Å². The molecule has 2 aromatic rings. The Morgan fingerprint density at radius 3 is 2.76 bits per heavy atom. The van der Waals surface area contributed by atoms with Crippen LogP contribution in [0.5, 0.6) is 0 Å². The summed E-state index contributed by atoms with van der Waals surface area (Å²) in [7, 11) is 2.03. The monoisotopic (exact) mass is 290 g/mol. The second-order valence-corrected chi connectivity index (χ2v) is 6.17. The van der Waals surface area contributed by atoms with Gasteiger partial charge in [-0.25, -0.2) is 4.79 Å². The first-order valence-corrected chi connectivity index (χ1v) is 7.28. The summed E-state index contributed by atoms with van der Waals surface area (Å²) in [5, 5.41) is 4.01. The summed E-state index contributed by atoms with van der Waals surface area (Å²) < 4.78 is 9.49. The number of aromatic nitrogens is 2. The van der Waals surface area contributed by atoms with Crippen molar-refractivity contribution < 1.29 is 14.2 Å². The van der Waals surface area contributed by atoms with Gasteiger partial charge in [-0.05, 0) is 39.3 Å². The van der Waals surface area contributed by atoms with E-state index in [-0.39, 0.29) is 6.09 Å². The lowest BCUT2D eigenvalue weighted by Gasteiger charge is -2.19. The van der Waals surface area contributed by atoms with Crippen molar-refractivity contribution in [3.05, 3.63) is 30.5 Å². The predicted octanol–water partition coefficient (Wildman–Crippen LogP) is 2.38. The van der Waals surface area contributed by atoms with E-state index in [1.165, 1.54) is 10.9 Å². The van der Waals surface area contributed by atoms with Gasteiger partial charge in [-0.15, -0.1) is 4.68 Å². The van der Waals surface area contributed by atoms with Gasteiger partial charge in [0, 0.05) is 6.54 Å². The van der Waals surface area contributed by atoms with Crippen molar-refractivity contribution in [1.82, 2.24) is 10.00 Å². The quantitative estimate of drug-likeness (QED) is 0.694. The number of carbonyl (C=O) groups is 1. The van der Waals surface area contributed by atoms with Crippen LogP contribution in [0.15, 0.2) is 30.5 Å². The van der Waals surface area contributed by atoms with Crippen LogP contribution in [0, 0.1) is 0 Å². The molecule has 1 aromatic heterocycles. The molecule has 5 nitrogen and oxygen atoms in total. The lowest BCUT2D eigenvalue weighted by Crippen LogP contribution is -2.39. The smallest absolute Gasteiger partial charge is 0.407 e. The van der Waals surface area contributed by atoms with Crippen LogP contribution in [0.25, 0.3) is 10.9 Å². The van der Waals surface area contributed by atoms with Gasteiger partial charge in [0.2, 0.25) is 6.20 Å². The van der Waals surface area contributed by atoms with Gasteiger partial charge in [-0.3, -0.25) is 0 Å². The van der Waals surface area contributed by atoms with Gasteiger partial charge < -0.3 is 10.1 Å². The Morgan fingerprint density at radius 2 is 2.05 bits per heavy atom. The normalized spacial score (nSPS) is 11.6. The maximum absolute atomic E-state index is 11.6. The molecule has 21 heavy (non-hydrogen) atoms. The van der Waals surface area contributed by atoms with Gasteiger partial charge >= 0.3 is 6.09 Å². The molecule has 0 saturated heterocycles. The molecule has 0 radical (unpaired) electrons. The average Bonchev–Trinajstić information content (AvgIpc) is 2.68. The van der Waals surface area contributed by atoms with E-state index in [2.05, 4.69) is 33.0 Å². The molecule has 5 heteroatoms. The second kappa shape index (κ2) is 6.16. The Morgan fingerprint density at radius 1 is 1.33 bits per heavy atom. The molecule has 1 amide bonds. The van der Waals surface area contributed by atoms with Crippen LogP contribution in [0.4, 0.5) is 4.79 Å². The fourth-order valence-corrected chi connectivity index (χ4v) is 2.28. The minimum absolute atomic E-state index is 0.357. The SMILES string of the molecule is C[n+]1cc2ccccc2n1CCCNC(=O)OC(C)(C)C. The molecule has 0 aliphatic rings. The van der Waals surface area contributed by atoms with E-state index >= 15 is 0 Å². The molecule has 1 heterocycles. The molecule has 1 aromatic carbocycles. The van der Waals surface area contributed by atoms with E-state index < -0.39 is 5.60 Å². The number of hydrogen-bond donors (Lipinski definition) is 1. The van der Waals surface area contributed by atoms with Crippen LogP contribution < -0.4 is 10.00 Å². The number of amides is 1. The van der Waals surface area contributed by atoms with Crippen LogP contribution in [0.1, 0.15) is 27.2 Å². The van der Waals surface area contributed by atoms with Gasteiger partial charge in [0.1, 0.15) is 11.1 Å². The zero-order valence-corrected chi connectivity index (χ0v) is 13.2.